The molecular formula is C43H64N3O10P. The van der Waals surface area contributed by atoms with E-state index in [4.69, 9.17) is 23.5 Å². The minimum Gasteiger partial charge on any atom is -0.446 e. The SMILES string of the molecule is COC[C@@]12CO[C@H](C1OP(C)(=O)O)[C@H](n1cc(C#CCNC(=O)O[C@@H]3CC[C@@]4(C)C(=CC[C@@H]5[C@@H]6CC[C@H](C(C)CCCC(C)C)[C@@]6(C)CC[C@@H]54)C3)c(=O)[nH]c1=O)O2. The van der Waals surface area contributed by atoms with Crippen LogP contribution in [0.1, 0.15) is 117 Å². The maximum absolute atomic E-state index is 12.9. The second-order valence-electron chi connectivity index (χ2n) is 19.0. The zero-order chi connectivity index (χ0) is 40.9. The summed E-state index contributed by atoms with van der Waals surface area (Å²) in [4.78, 5) is 50.7. The van der Waals surface area contributed by atoms with Crippen LogP contribution in [0.2, 0.25) is 0 Å². The first kappa shape index (κ1) is 42.4. The van der Waals surface area contributed by atoms with Crippen molar-refractivity contribution in [1.82, 2.24) is 14.9 Å². The summed E-state index contributed by atoms with van der Waals surface area (Å²) in [5.74, 6) is 10.2. The number of amides is 1. The molecule has 6 aliphatic rings. The smallest absolute Gasteiger partial charge is 0.408 e. The summed E-state index contributed by atoms with van der Waals surface area (Å²) < 4.78 is 41.9. The third kappa shape index (κ3) is 8.25. The number of carbonyl (C=O) groups excluding carboxylic acids is 1. The third-order valence-electron chi connectivity index (χ3n) is 15.0. The van der Waals surface area contributed by atoms with Crippen molar-refractivity contribution in [3.8, 4) is 11.8 Å². The van der Waals surface area contributed by atoms with Crippen LogP contribution < -0.4 is 16.6 Å². The first-order valence-electron chi connectivity index (χ1n) is 21.2. The average molecular weight is 814 g/mol. The lowest BCUT2D eigenvalue weighted by Crippen LogP contribution is -2.51. The van der Waals surface area contributed by atoms with Crippen LogP contribution in [-0.4, -0.2) is 78.0 Å². The van der Waals surface area contributed by atoms with Gasteiger partial charge < -0.3 is 29.2 Å². The minimum absolute atomic E-state index is 0.0192. The number of ether oxygens (including phenoxy) is 4. The molecule has 2 aliphatic heterocycles. The number of nitrogens with one attached hydrogen (secondary N) is 2. The lowest BCUT2D eigenvalue weighted by molar-refractivity contribution is -0.190. The van der Waals surface area contributed by atoms with E-state index in [1.165, 1.54) is 63.8 Å². The molecule has 1 amide bonds. The van der Waals surface area contributed by atoms with Crippen molar-refractivity contribution < 1.29 is 37.7 Å². The van der Waals surface area contributed by atoms with Gasteiger partial charge in [-0.25, -0.2) is 9.59 Å². The second-order valence-corrected chi connectivity index (χ2v) is 20.9. The third-order valence-corrected chi connectivity index (χ3v) is 15.6. The van der Waals surface area contributed by atoms with E-state index < -0.39 is 49.0 Å². The molecule has 4 aliphatic carbocycles. The van der Waals surface area contributed by atoms with E-state index in [9.17, 15) is 23.8 Å². The van der Waals surface area contributed by atoms with E-state index in [0.29, 0.717) is 11.3 Å². The number of hydrogen-bond donors (Lipinski definition) is 3. The van der Waals surface area contributed by atoms with Crippen LogP contribution in [0.3, 0.4) is 0 Å². The summed E-state index contributed by atoms with van der Waals surface area (Å²) in [6, 6.07) is 0. The molecule has 13 nitrogen and oxygen atoms in total. The predicted molar refractivity (Wildman–Crippen MR) is 215 cm³/mol. The maximum Gasteiger partial charge on any atom is 0.408 e. The molecule has 0 spiro atoms. The monoisotopic (exact) mass is 813 g/mol. The Morgan fingerprint density at radius 1 is 1.14 bits per heavy atom. The Kier molecular flexibility index (Phi) is 12.2. The van der Waals surface area contributed by atoms with Crippen LogP contribution in [0.4, 0.5) is 4.79 Å². The number of hydrogen-bond acceptors (Lipinski definition) is 9. The standard InChI is InChI=1S/C43H64N3O10P/c1-26(2)10-8-11-27(3)32-15-16-33-31-14-13-29-22-30(17-19-41(29,4)34(31)18-20-42(32,33)5)54-40(49)44-21-9-12-28-23-46(39(48)45-37(28)47)38-35-36(56-57(7,50)51)43(55-38,24-52-6)25-53-35/h13,23,26-27,30-36,38H,8,10-11,14-22,24-25H2,1-7H3,(H,44,49)(H,50,51)(H,45,47,48)/t27?,30-,31-,32-,33+,34+,35-,36?,38-,41+,42-,43-/m1/s1. The molecule has 0 radical (unpaired) electrons. The van der Waals surface area contributed by atoms with Crippen molar-refractivity contribution >= 4 is 13.7 Å². The van der Waals surface area contributed by atoms with Crippen LogP contribution in [0, 0.1) is 58.2 Å². The van der Waals surface area contributed by atoms with Crippen molar-refractivity contribution in [2.75, 3.05) is 33.5 Å². The van der Waals surface area contributed by atoms with Gasteiger partial charge in [-0.1, -0.05) is 77.4 Å². The molecule has 2 bridgehead atoms. The van der Waals surface area contributed by atoms with Gasteiger partial charge in [-0.05, 0) is 91.3 Å². The Bertz CT molecular complexity index is 1930. The van der Waals surface area contributed by atoms with Crippen LogP contribution >= 0.6 is 7.60 Å². The number of aromatic nitrogens is 2. The number of aromatic amines is 1. The molecule has 1 aromatic rings. The first-order valence-corrected chi connectivity index (χ1v) is 23.3. The molecule has 3 unspecified atom stereocenters. The predicted octanol–water partition coefficient (Wildman–Crippen LogP) is 6.54. The topological polar surface area (TPSA) is 167 Å². The van der Waals surface area contributed by atoms with Gasteiger partial charge in [-0.3, -0.25) is 23.4 Å². The molecule has 1 aromatic heterocycles. The largest absolute Gasteiger partial charge is 0.446 e. The second kappa shape index (κ2) is 16.4. The quantitative estimate of drug-likeness (QED) is 0.120. The summed E-state index contributed by atoms with van der Waals surface area (Å²) in [6.45, 7) is 13.3. The number of carbonyl (C=O) groups is 1. The Morgan fingerprint density at radius 2 is 1.93 bits per heavy atom. The van der Waals surface area contributed by atoms with E-state index in [1.54, 1.807) is 0 Å². The highest BCUT2D eigenvalue weighted by molar-refractivity contribution is 7.51. The summed E-state index contributed by atoms with van der Waals surface area (Å²) in [6.07, 6.45) is 13.1. The zero-order valence-corrected chi connectivity index (χ0v) is 35.7. The molecule has 3 saturated carbocycles. The molecule has 316 valence electrons. The molecule has 3 heterocycles. The summed E-state index contributed by atoms with van der Waals surface area (Å²) in [5, 5.41) is 2.70. The lowest BCUT2D eigenvalue weighted by Gasteiger charge is -2.58. The lowest BCUT2D eigenvalue weighted by atomic mass is 9.47. The van der Waals surface area contributed by atoms with Crippen molar-refractivity contribution in [2.24, 2.45) is 46.3 Å². The van der Waals surface area contributed by atoms with Gasteiger partial charge in [0.15, 0.2) is 6.23 Å². The Labute approximate surface area is 336 Å². The van der Waals surface area contributed by atoms with Gasteiger partial charge in [-0.2, -0.15) is 0 Å². The number of nitrogens with zero attached hydrogens (tertiary/aromatic N) is 1. The Balaban J connectivity index is 0.938. The fourth-order valence-corrected chi connectivity index (χ4v) is 13.0. The number of rotatable bonds is 12. The maximum atomic E-state index is 12.9. The summed E-state index contributed by atoms with van der Waals surface area (Å²) >= 11 is 0. The Morgan fingerprint density at radius 3 is 2.67 bits per heavy atom. The highest BCUT2D eigenvalue weighted by Crippen LogP contribution is 2.67. The van der Waals surface area contributed by atoms with Crippen molar-refractivity contribution in [3.05, 3.63) is 44.2 Å². The van der Waals surface area contributed by atoms with E-state index in [-0.39, 0.29) is 36.8 Å². The van der Waals surface area contributed by atoms with Gasteiger partial charge in [-0.15, -0.1) is 0 Å². The van der Waals surface area contributed by atoms with E-state index in [1.807, 2.05) is 0 Å². The van der Waals surface area contributed by atoms with Crippen molar-refractivity contribution in [2.45, 2.75) is 135 Å². The molecule has 57 heavy (non-hydrogen) atoms. The zero-order valence-electron chi connectivity index (χ0n) is 34.8. The van der Waals surface area contributed by atoms with Gasteiger partial charge in [0.2, 0.25) is 0 Å². The number of methoxy groups -OCH3 is 1. The van der Waals surface area contributed by atoms with Gasteiger partial charge in [0.1, 0.15) is 29.5 Å². The van der Waals surface area contributed by atoms with Crippen molar-refractivity contribution in [1.29, 1.82) is 0 Å². The number of H-pyrrole nitrogens is 1. The highest BCUT2D eigenvalue weighted by Gasteiger charge is 2.65. The van der Waals surface area contributed by atoms with E-state index >= 15 is 0 Å². The van der Waals surface area contributed by atoms with Crippen LogP contribution in [0.25, 0.3) is 0 Å². The normalized spacial score (nSPS) is 38.2. The van der Waals surface area contributed by atoms with Gasteiger partial charge in [0.25, 0.3) is 5.56 Å². The molecule has 0 aromatic carbocycles. The fraction of sp³-hybridized carbons (Fsp3) is 0.791. The molecule has 14 heteroatoms. The first-order chi connectivity index (χ1) is 27.0. The van der Waals surface area contributed by atoms with Gasteiger partial charge in [0.05, 0.1) is 19.8 Å². The average Bonchev–Trinajstić information content (AvgIpc) is 3.76. The highest BCUT2D eigenvalue weighted by atomic mass is 31.2. The molecule has 7 rings (SSSR count). The van der Waals surface area contributed by atoms with Gasteiger partial charge in [0, 0.05) is 26.4 Å². The molecule has 2 saturated heterocycles. The molecular weight excluding hydrogens is 749 g/mol. The number of fused-ring (bicyclic) bond motifs is 7. The molecule has 13 atom stereocenters. The Hall–Kier alpha value is -2.72. The van der Waals surface area contributed by atoms with Crippen LogP contribution in [0.15, 0.2) is 27.4 Å². The molecule has 5 fully saturated rings. The van der Waals surface area contributed by atoms with Crippen molar-refractivity contribution in [3.63, 3.8) is 0 Å². The minimum atomic E-state index is -3.96. The van der Waals surface area contributed by atoms with Crippen LogP contribution in [0.5, 0.6) is 0 Å². The van der Waals surface area contributed by atoms with E-state index in [0.717, 1.165) is 66.5 Å². The number of alkyl carbamates (subject to hydrolysis) is 1. The molecule has 3 N–H and O–H groups in total. The van der Waals surface area contributed by atoms with Gasteiger partial charge >= 0.3 is 19.4 Å². The fourth-order valence-electron chi connectivity index (χ4n) is 12.3. The van der Waals surface area contributed by atoms with E-state index in [2.05, 4.69) is 62.8 Å². The number of allylic oxidation sites excluding steroid dienone is 1. The summed E-state index contributed by atoms with van der Waals surface area (Å²) in [7, 11) is -2.52. The summed E-state index contributed by atoms with van der Waals surface area (Å²) in [5.41, 5.74) is -0.705. The van der Waals surface area contributed by atoms with Crippen LogP contribution in [-0.2, 0) is 28.0 Å².